The van der Waals surface area contributed by atoms with E-state index in [1.54, 1.807) is 0 Å². The normalized spacial score (nSPS) is 30.5. The molecule has 0 amide bonds. The predicted octanol–water partition coefficient (Wildman–Crippen LogP) is 4.21. The fraction of sp³-hybridized carbons (Fsp3) is 0.917. The molecule has 0 bridgehead atoms. The van der Waals surface area contributed by atoms with Crippen molar-refractivity contribution in [3.8, 4) is 0 Å². The maximum absolute atomic E-state index is 4.02. The Bertz CT molecular complexity index is 107. The minimum atomic E-state index is 0.959. The van der Waals surface area contributed by atoms with Crippen LogP contribution in [0.1, 0.15) is 58.3 Å². The number of unbranched alkanes of at least 4 members (excludes halogenated alkanes) is 1. The van der Waals surface area contributed by atoms with Crippen molar-refractivity contribution in [1.82, 2.24) is 0 Å². The first-order valence-corrected chi connectivity index (χ1v) is 5.66. The van der Waals surface area contributed by atoms with Gasteiger partial charge in [-0.15, -0.1) is 0 Å². The molecular weight excluding hydrogens is 144 g/mol. The molecular formula is C12H23. The molecule has 0 heteroatoms. The molecule has 1 aliphatic carbocycles. The summed E-state index contributed by atoms with van der Waals surface area (Å²) in [5, 5.41) is 0. The third kappa shape index (κ3) is 3.16. The molecule has 0 spiro atoms. The number of hydrogen-bond donors (Lipinski definition) is 0. The van der Waals surface area contributed by atoms with Gasteiger partial charge in [0.1, 0.15) is 0 Å². The SMILES string of the molecule is [CH2]CC1CCCC(CCCC)C1. The van der Waals surface area contributed by atoms with Gasteiger partial charge < -0.3 is 0 Å². The quantitative estimate of drug-likeness (QED) is 0.588. The Morgan fingerprint density at radius 2 is 2.00 bits per heavy atom. The summed E-state index contributed by atoms with van der Waals surface area (Å²) >= 11 is 0. The van der Waals surface area contributed by atoms with Gasteiger partial charge in [-0.25, -0.2) is 0 Å². The monoisotopic (exact) mass is 167 g/mol. The highest BCUT2D eigenvalue weighted by atomic mass is 14.2. The van der Waals surface area contributed by atoms with Gasteiger partial charge in [-0.2, -0.15) is 0 Å². The van der Waals surface area contributed by atoms with Crippen molar-refractivity contribution in [2.45, 2.75) is 58.3 Å². The van der Waals surface area contributed by atoms with Crippen LogP contribution in [0.2, 0.25) is 0 Å². The van der Waals surface area contributed by atoms with Gasteiger partial charge in [0.15, 0.2) is 0 Å². The molecule has 1 saturated carbocycles. The fourth-order valence-electron chi connectivity index (χ4n) is 2.42. The van der Waals surface area contributed by atoms with Gasteiger partial charge in [0.05, 0.1) is 0 Å². The van der Waals surface area contributed by atoms with E-state index in [1.165, 1.54) is 51.4 Å². The first-order chi connectivity index (χ1) is 5.86. The lowest BCUT2D eigenvalue weighted by Gasteiger charge is -2.28. The topological polar surface area (TPSA) is 0 Å². The molecule has 1 radical (unpaired) electrons. The zero-order valence-electron chi connectivity index (χ0n) is 8.52. The van der Waals surface area contributed by atoms with Crippen LogP contribution in [-0.2, 0) is 0 Å². The van der Waals surface area contributed by atoms with Crippen molar-refractivity contribution in [2.24, 2.45) is 11.8 Å². The molecule has 0 aliphatic heterocycles. The smallest absolute Gasteiger partial charge is 0.0412 e. The molecule has 12 heavy (non-hydrogen) atoms. The van der Waals surface area contributed by atoms with Crippen LogP contribution in [0.15, 0.2) is 0 Å². The Kier molecular flexibility index (Phi) is 4.72. The maximum Gasteiger partial charge on any atom is -0.0412 e. The van der Waals surface area contributed by atoms with E-state index in [4.69, 9.17) is 0 Å². The Hall–Kier alpha value is 0. The van der Waals surface area contributed by atoms with Gasteiger partial charge in [-0.1, -0.05) is 58.8 Å². The highest BCUT2D eigenvalue weighted by Gasteiger charge is 2.19. The summed E-state index contributed by atoms with van der Waals surface area (Å²) in [6.07, 6.45) is 11.3. The van der Waals surface area contributed by atoms with Gasteiger partial charge in [-0.05, 0) is 18.3 Å². The summed E-state index contributed by atoms with van der Waals surface area (Å²) in [7, 11) is 0. The highest BCUT2D eigenvalue weighted by Crippen LogP contribution is 2.33. The first-order valence-electron chi connectivity index (χ1n) is 5.66. The van der Waals surface area contributed by atoms with Crippen LogP contribution in [0.5, 0.6) is 0 Å². The Morgan fingerprint density at radius 3 is 2.67 bits per heavy atom. The molecule has 0 aromatic carbocycles. The van der Waals surface area contributed by atoms with Crippen LogP contribution in [0.25, 0.3) is 0 Å². The molecule has 2 atom stereocenters. The third-order valence-electron chi connectivity index (χ3n) is 3.27. The lowest BCUT2D eigenvalue weighted by molar-refractivity contribution is 0.252. The molecule has 1 fully saturated rings. The lowest BCUT2D eigenvalue weighted by Crippen LogP contribution is -2.14. The molecule has 1 aliphatic rings. The summed E-state index contributed by atoms with van der Waals surface area (Å²) in [6.45, 7) is 6.32. The Balaban J connectivity index is 2.16. The standard InChI is InChI=1S/C12H23/c1-3-5-7-12-9-6-8-11(4-2)10-12/h11-12H,2-10H2,1H3. The molecule has 0 nitrogen and oxygen atoms in total. The van der Waals surface area contributed by atoms with Crippen LogP contribution >= 0.6 is 0 Å². The van der Waals surface area contributed by atoms with Crippen LogP contribution in [0.4, 0.5) is 0 Å². The van der Waals surface area contributed by atoms with Gasteiger partial charge in [0, 0.05) is 0 Å². The Labute approximate surface area is 77.7 Å². The summed E-state index contributed by atoms with van der Waals surface area (Å²) in [6, 6.07) is 0. The van der Waals surface area contributed by atoms with E-state index < -0.39 is 0 Å². The molecule has 0 N–H and O–H groups in total. The number of rotatable bonds is 4. The number of hydrogen-bond acceptors (Lipinski definition) is 0. The van der Waals surface area contributed by atoms with Crippen molar-refractivity contribution in [1.29, 1.82) is 0 Å². The second-order valence-corrected chi connectivity index (χ2v) is 4.33. The third-order valence-corrected chi connectivity index (χ3v) is 3.27. The van der Waals surface area contributed by atoms with E-state index in [2.05, 4.69) is 13.8 Å². The molecule has 1 rings (SSSR count). The second kappa shape index (κ2) is 5.61. The lowest BCUT2D eigenvalue weighted by atomic mass is 9.78. The van der Waals surface area contributed by atoms with Crippen LogP contribution in [0, 0.1) is 18.8 Å². The molecule has 71 valence electrons. The second-order valence-electron chi connectivity index (χ2n) is 4.33. The fourth-order valence-corrected chi connectivity index (χ4v) is 2.42. The van der Waals surface area contributed by atoms with E-state index >= 15 is 0 Å². The van der Waals surface area contributed by atoms with Crippen molar-refractivity contribution in [3.63, 3.8) is 0 Å². The molecule has 2 unspecified atom stereocenters. The van der Waals surface area contributed by atoms with Gasteiger partial charge in [-0.3, -0.25) is 0 Å². The van der Waals surface area contributed by atoms with Crippen LogP contribution in [0.3, 0.4) is 0 Å². The van der Waals surface area contributed by atoms with E-state index in [0.717, 1.165) is 11.8 Å². The van der Waals surface area contributed by atoms with Crippen molar-refractivity contribution >= 4 is 0 Å². The predicted molar refractivity (Wildman–Crippen MR) is 54.9 cm³/mol. The van der Waals surface area contributed by atoms with Gasteiger partial charge in [0.2, 0.25) is 0 Å². The van der Waals surface area contributed by atoms with E-state index in [-0.39, 0.29) is 0 Å². The average molecular weight is 167 g/mol. The summed E-state index contributed by atoms with van der Waals surface area (Å²) in [4.78, 5) is 0. The zero-order chi connectivity index (χ0) is 8.81. The van der Waals surface area contributed by atoms with Crippen molar-refractivity contribution < 1.29 is 0 Å². The minimum absolute atomic E-state index is 0.959. The highest BCUT2D eigenvalue weighted by molar-refractivity contribution is 4.73. The van der Waals surface area contributed by atoms with Crippen LogP contribution in [-0.4, -0.2) is 0 Å². The van der Waals surface area contributed by atoms with E-state index in [1.807, 2.05) is 0 Å². The molecule has 0 aromatic rings. The summed E-state index contributed by atoms with van der Waals surface area (Å²) in [5.41, 5.74) is 0. The Morgan fingerprint density at radius 1 is 1.25 bits per heavy atom. The minimum Gasteiger partial charge on any atom is -0.0654 e. The van der Waals surface area contributed by atoms with E-state index in [0.29, 0.717) is 0 Å². The summed E-state index contributed by atoms with van der Waals surface area (Å²) < 4.78 is 0. The summed E-state index contributed by atoms with van der Waals surface area (Å²) in [5.74, 6) is 2.01. The largest absolute Gasteiger partial charge is 0.0654 e. The maximum atomic E-state index is 4.02. The average Bonchev–Trinajstić information content (AvgIpc) is 2.15. The van der Waals surface area contributed by atoms with Crippen LogP contribution < -0.4 is 0 Å². The van der Waals surface area contributed by atoms with Gasteiger partial charge >= 0.3 is 0 Å². The van der Waals surface area contributed by atoms with Gasteiger partial charge in [0.25, 0.3) is 0 Å². The first kappa shape index (κ1) is 10.1. The zero-order valence-corrected chi connectivity index (χ0v) is 8.52. The van der Waals surface area contributed by atoms with Crippen molar-refractivity contribution in [3.05, 3.63) is 6.92 Å². The molecule has 0 saturated heterocycles. The molecule has 0 heterocycles. The van der Waals surface area contributed by atoms with Crippen molar-refractivity contribution in [2.75, 3.05) is 0 Å². The molecule has 0 aromatic heterocycles. The van der Waals surface area contributed by atoms with E-state index in [9.17, 15) is 0 Å².